The van der Waals surface area contributed by atoms with Gasteiger partial charge in [-0.05, 0) is 30.3 Å². The summed E-state index contributed by atoms with van der Waals surface area (Å²) in [7, 11) is 1.58. The third kappa shape index (κ3) is 6.85. The van der Waals surface area contributed by atoms with E-state index < -0.39 is 6.36 Å². The van der Waals surface area contributed by atoms with Crippen LogP contribution in [0.4, 0.5) is 24.3 Å². The standard InChI is InChI=1S/C23H24F3N5O5S/c1-34-10-7-31-18-5-2-14(20(33)27-6-9-35-11-8-32)12-17(18)28-21(31)30-22-29-16-4-3-15(13-19(16)37-22)36-23(24,25)26/h2-5,12-13,32H,6-11H2,1H3,(H,27,33)(H,28,29,30). The normalized spacial score (nSPS) is 11.8. The zero-order chi connectivity index (χ0) is 26.4. The van der Waals surface area contributed by atoms with Gasteiger partial charge in [0.2, 0.25) is 5.95 Å². The maximum atomic E-state index is 12.6. The minimum Gasteiger partial charge on any atom is -0.406 e. The molecule has 4 aromatic rings. The van der Waals surface area contributed by atoms with Crippen molar-refractivity contribution in [1.82, 2.24) is 19.9 Å². The van der Waals surface area contributed by atoms with Gasteiger partial charge in [0.15, 0.2) is 5.13 Å². The van der Waals surface area contributed by atoms with Gasteiger partial charge in [0.05, 0.1) is 47.7 Å². The van der Waals surface area contributed by atoms with Crippen LogP contribution >= 0.6 is 11.3 Å². The molecule has 37 heavy (non-hydrogen) atoms. The summed E-state index contributed by atoms with van der Waals surface area (Å²) < 4.78 is 54.4. The highest BCUT2D eigenvalue weighted by Gasteiger charge is 2.31. The number of alkyl halides is 3. The molecule has 3 N–H and O–H groups in total. The smallest absolute Gasteiger partial charge is 0.406 e. The van der Waals surface area contributed by atoms with Crippen LogP contribution in [-0.2, 0) is 16.0 Å². The first kappa shape index (κ1) is 26.6. The highest BCUT2D eigenvalue weighted by molar-refractivity contribution is 7.22. The van der Waals surface area contributed by atoms with Crippen molar-refractivity contribution in [3.05, 3.63) is 42.0 Å². The number of benzene rings is 2. The molecule has 2 aromatic carbocycles. The van der Waals surface area contributed by atoms with E-state index >= 15 is 0 Å². The number of methoxy groups -OCH3 is 1. The Balaban J connectivity index is 1.56. The Morgan fingerprint density at radius 3 is 2.70 bits per heavy atom. The van der Waals surface area contributed by atoms with Crippen molar-refractivity contribution < 1.29 is 37.3 Å². The molecular formula is C23H24F3N5O5S. The summed E-state index contributed by atoms with van der Waals surface area (Å²) in [6, 6.07) is 9.05. The summed E-state index contributed by atoms with van der Waals surface area (Å²) in [6.45, 7) is 1.54. The van der Waals surface area contributed by atoms with Gasteiger partial charge in [0, 0.05) is 31.8 Å². The van der Waals surface area contributed by atoms with E-state index in [1.54, 1.807) is 25.3 Å². The molecular weight excluding hydrogens is 515 g/mol. The molecule has 0 saturated heterocycles. The van der Waals surface area contributed by atoms with E-state index in [-0.39, 0.29) is 31.5 Å². The van der Waals surface area contributed by atoms with Gasteiger partial charge in [-0.1, -0.05) is 11.3 Å². The van der Waals surface area contributed by atoms with E-state index in [0.29, 0.717) is 52.1 Å². The number of aliphatic hydroxyl groups is 1. The Hall–Kier alpha value is -3.46. The molecule has 0 radical (unpaired) electrons. The first-order chi connectivity index (χ1) is 17.8. The van der Waals surface area contributed by atoms with Crippen molar-refractivity contribution in [2.45, 2.75) is 12.9 Å². The van der Waals surface area contributed by atoms with Crippen molar-refractivity contribution in [3.63, 3.8) is 0 Å². The maximum Gasteiger partial charge on any atom is 0.573 e. The van der Waals surface area contributed by atoms with Gasteiger partial charge in [-0.25, -0.2) is 9.97 Å². The van der Waals surface area contributed by atoms with Crippen LogP contribution in [0.2, 0.25) is 0 Å². The van der Waals surface area contributed by atoms with Crippen LogP contribution in [0.25, 0.3) is 21.3 Å². The molecule has 1 amide bonds. The quantitative estimate of drug-likeness (QED) is 0.233. The molecule has 0 spiro atoms. The summed E-state index contributed by atoms with van der Waals surface area (Å²) in [6.07, 6.45) is -4.78. The van der Waals surface area contributed by atoms with Gasteiger partial charge < -0.3 is 34.5 Å². The number of hydrogen-bond donors (Lipinski definition) is 3. The van der Waals surface area contributed by atoms with Gasteiger partial charge >= 0.3 is 6.36 Å². The third-order valence-corrected chi connectivity index (χ3v) is 6.04. The van der Waals surface area contributed by atoms with Crippen LogP contribution in [0.5, 0.6) is 5.75 Å². The first-order valence-corrected chi connectivity index (χ1v) is 12.0. The molecule has 4 rings (SSSR count). The van der Waals surface area contributed by atoms with Gasteiger partial charge in [0.25, 0.3) is 5.91 Å². The van der Waals surface area contributed by atoms with Gasteiger partial charge in [0.1, 0.15) is 5.75 Å². The molecule has 2 aromatic heterocycles. The maximum absolute atomic E-state index is 12.6. The molecule has 2 heterocycles. The molecule has 0 fully saturated rings. The lowest BCUT2D eigenvalue weighted by Gasteiger charge is -2.09. The van der Waals surface area contributed by atoms with Crippen molar-refractivity contribution >= 4 is 49.6 Å². The highest BCUT2D eigenvalue weighted by atomic mass is 32.1. The monoisotopic (exact) mass is 539 g/mol. The molecule has 198 valence electrons. The first-order valence-electron chi connectivity index (χ1n) is 11.2. The number of nitrogens with zero attached hydrogens (tertiary/aromatic N) is 3. The zero-order valence-corrected chi connectivity index (χ0v) is 20.5. The van der Waals surface area contributed by atoms with Gasteiger partial charge in [-0.15, -0.1) is 13.2 Å². The summed E-state index contributed by atoms with van der Waals surface area (Å²) in [4.78, 5) is 21.6. The minimum absolute atomic E-state index is 0.0861. The number of aliphatic hydroxyl groups excluding tert-OH is 1. The summed E-state index contributed by atoms with van der Waals surface area (Å²) in [5.41, 5.74) is 2.23. The van der Waals surface area contributed by atoms with Gasteiger partial charge in [-0.3, -0.25) is 4.79 Å². The number of nitrogens with one attached hydrogen (secondary N) is 2. The second kappa shape index (κ2) is 11.7. The molecule has 14 heteroatoms. The van der Waals surface area contributed by atoms with E-state index in [2.05, 4.69) is 25.3 Å². The molecule has 0 unspecified atom stereocenters. The van der Waals surface area contributed by atoms with E-state index in [1.807, 2.05) is 4.57 Å². The van der Waals surface area contributed by atoms with E-state index in [0.717, 1.165) is 16.9 Å². The summed E-state index contributed by atoms with van der Waals surface area (Å²) in [5.74, 6) is -0.181. The molecule has 0 aliphatic carbocycles. The van der Waals surface area contributed by atoms with Crippen LogP contribution in [0, 0.1) is 0 Å². The predicted molar refractivity (Wildman–Crippen MR) is 131 cm³/mol. The van der Waals surface area contributed by atoms with E-state index in [9.17, 15) is 18.0 Å². The summed E-state index contributed by atoms with van der Waals surface area (Å²) >= 11 is 1.15. The fourth-order valence-electron chi connectivity index (χ4n) is 3.53. The van der Waals surface area contributed by atoms with Crippen molar-refractivity contribution in [2.24, 2.45) is 0 Å². The second-order valence-electron chi connectivity index (χ2n) is 7.70. The predicted octanol–water partition coefficient (Wildman–Crippen LogP) is 3.67. The number of ether oxygens (including phenoxy) is 3. The Morgan fingerprint density at radius 2 is 1.95 bits per heavy atom. The number of halogens is 3. The van der Waals surface area contributed by atoms with E-state index in [1.165, 1.54) is 18.2 Å². The number of aromatic nitrogens is 3. The third-order valence-electron chi connectivity index (χ3n) is 5.11. The van der Waals surface area contributed by atoms with Crippen LogP contribution < -0.4 is 15.4 Å². The average molecular weight is 540 g/mol. The number of thiazole rings is 1. The Bertz CT molecular complexity index is 1370. The molecule has 0 aliphatic rings. The Morgan fingerprint density at radius 1 is 1.11 bits per heavy atom. The number of amides is 1. The number of imidazole rings is 1. The highest BCUT2D eigenvalue weighted by Crippen LogP contribution is 2.33. The number of carbonyl (C=O) groups is 1. The Labute approximate surface area is 213 Å². The van der Waals surface area contributed by atoms with Crippen molar-refractivity contribution in [3.8, 4) is 5.75 Å². The van der Waals surface area contributed by atoms with Crippen LogP contribution in [0.15, 0.2) is 36.4 Å². The summed E-state index contributed by atoms with van der Waals surface area (Å²) in [5, 5.41) is 15.0. The average Bonchev–Trinajstić information content (AvgIpc) is 3.40. The van der Waals surface area contributed by atoms with Gasteiger partial charge in [-0.2, -0.15) is 0 Å². The lowest BCUT2D eigenvalue weighted by Crippen LogP contribution is -2.27. The number of carbonyl (C=O) groups excluding carboxylic acids is 1. The number of anilines is 2. The lowest BCUT2D eigenvalue weighted by molar-refractivity contribution is -0.274. The topological polar surface area (TPSA) is 120 Å². The molecule has 10 nitrogen and oxygen atoms in total. The minimum atomic E-state index is -4.78. The molecule has 0 saturated carbocycles. The second-order valence-corrected chi connectivity index (χ2v) is 8.73. The van der Waals surface area contributed by atoms with Crippen LogP contribution in [0.3, 0.4) is 0 Å². The molecule has 0 aliphatic heterocycles. The Kier molecular flexibility index (Phi) is 8.43. The molecule has 0 atom stereocenters. The fourth-order valence-corrected chi connectivity index (χ4v) is 4.42. The number of rotatable bonds is 12. The largest absolute Gasteiger partial charge is 0.573 e. The lowest BCUT2D eigenvalue weighted by atomic mass is 10.2. The zero-order valence-electron chi connectivity index (χ0n) is 19.7. The number of fused-ring (bicyclic) bond motifs is 2. The van der Waals surface area contributed by atoms with Crippen LogP contribution in [-0.4, -0.2) is 72.0 Å². The van der Waals surface area contributed by atoms with E-state index in [4.69, 9.17) is 14.6 Å². The van der Waals surface area contributed by atoms with Crippen LogP contribution in [0.1, 0.15) is 10.4 Å². The van der Waals surface area contributed by atoms with Crippen molar-refractivity contribution in [2.75, 3.05) is 45.4 Å². The fraction of sp³-hybridized carbons (Fsp3) is 0.348. The molecule has 0 bridgehead atoms. The SMILES string of the molecule is COCCn1c(Nc2nc3ccc(OC(F)(F)F)cc3s2)nc2cc(C(=O)NCCOCCO)ccc21. The van der Waals surface area contributed by atoms with Crippen molar-refractivity contribution in [1.29, 1.82) is 0 Å². The number of hydrogen-bond acceptors (Lipinski definition) is 9.